The number of anilines is 1. The third-order valence-electron chi connectivity index (χ3n) is 2.17. The molecule has 0 aromatic carbocycles. The molecule has 0 bridgehead atoms. The number of carboxylic acids is 1. The number of hydrogen-bond acceptors (Lipinski definition) is 5. The Hall–Kier alpha value is -1.58. The molecule has 5 nitrogen and oxygen atoms in total. The van der Waals surface area contributed by atoms with Crippen molar-refractivity contribution in [2.24, 2.45) is 0 Å². The molecule has 0 spiro atoms. The fraction of sp³-hybridized carbons (Fsp3) is 0.455. The number of nitriles is 1. The quantitative estimate of drug-likeness (QED) is 0.803. The summed E-state index contributed by atoms with van der Waals surface area (Å²) in [6.45, 7) is 1.78. The monoisotopic (exact) mass is 254 g/mol. The summed E-state index contributed by atoms with van der Waals surface area (Å²) in [5.41, 5.74) is 0. The van der Waals surface area contributed by atoms with Gasteiger partial charge >= 0.3 is 5.97 Å². The van der Waals surface area contributed by atoms with E-state index in [0.717, 1.165) is 5.00 Å². The van der Waals surface area contributed by atoms with Crippen LogP contribution >= 0.6 is 11.3 Å². The number of carbonyl (C=O) groups is 1. The van der Waals surface area contributed by atoms with E-state index in [1.54, 1.807) is 19.2 Å². The molecule has 0 radical (unpaired) electrons. The number of methoxy groups -OCH3 is 1. The second-order valence-electron chi connectivity index (χ2n) is 3.33. The highest BCUT2D eigenvalue weighted by Gasteiger charge is 2.12. The minimum absolute atomic E-state index is 0.305. The van der Waals surface area contributed by atoms with Crippen molar-refractivity contribution in [3.63, 3.8) is 0 Å². The third kappa shape index (κ3) is 4.06. The highest BCUT2D eigenvalue weighted by molar-refractivity contribution is 7.17. The second-order valence-corrected chi connectivity index (χ2v) is 4.39. The first-order valence-electron chi connectivity index (χ1n) is 5.13. The lowest BCUT2D eigenvalue weighted by molar-refractivity contribution is 0.0702. The maximum atomic E-state index is 10.8. The summed E-state index contributed by atoms with van der Waals surface area (Å²) in [6.07, 6.45) is 0.407. The van der Waals surface area contributed by atoms with Crippen molar-refractivity contribution >= 4 is 22.3 Å². The molecule has 0 amide bonds. The lowest BCUT2D eigenvalue weighted by atomic mass is 10.4. The standard InChI is InChI=1S/C11H14N2O3S/c1-16-8-7-13(6-2-5-12)10-4-3-9(17-10)11(14)15/h3-4H,2,6-8H2,1H3,(H,14,15). The van der Waals surface area contributed by atoms with Gasteiger partial charge in [0.2, 0.25) is 0 Å². The van der Waals surface area contributed by atoms with Gasteiger partial charge in [-0.1, -0.05) is 0 Å². The molecular weight excluding hydrogens is 240 g/mol. The normalized spacial score (nSPS) is 9.88. The molecule has 1 aromatic rings. The van der Waals surface area contributed by atoms with E-state index in [4.69, 9.17) is 15.1 Å². The first-order valence-corrected chi connectivity index (χ1v) is 5.94. The van der Waals surface area contributed by atoms with Crippen molar-refractivity contribution in [1.82, 2.24) is 0 Å². The van der Waals surface area contributed by atoms with Crippen LogP contribution in [0.25, 0.3) is 0 Å². The van der Waals surface area contributed by atoms with Gasteiger partial charge in [0.15, 0.2) is 0 Å². The SMILES string of the molecule is COCCN(CCC#N)c1ccc(C(=O)O)s1. The topological polar surface area (TPSA) is 73.6 Å². The molecule has 0 unspecified atom stereocenters. The van der Waals surface area contributed by atoms with Gasteiger partial charge in [-0.3, -0.25) is 0 Å². The van der Waals surface area contributed by atoms with Crippen molar-refractivity contribution in [3.8, 4) is 6.07 Å². The lowest BCUT2D eigenvalue weighted by Crippen LogP contribution is -2.27. The van der Waals surface area contributed by atoms with Crippen LogP contribution in [-0.4, -0.2) is 37.9 Å². The Balaban J connectivity index is 2.73. The van der Waals surface area contributed by atoms with Gasteiger partial charge in [-0.15, -0.1) is 11.3 Å². The third-order valence-corrected chi connectivity index (χ3v) is 3.31. The van der Waals surface area contributed by atoms with Crippen LogP contribution in [0.4, 0.5) is 5.00 Å². The number of nitrogens with zero attached hydrogens (tertiary/aromatic N) is 2. The maximum Gasteiger partial charge on any atom is 0.345 e. The Bertz CT molecular complexity index is 411. The molecule has 1 heterocycles. The first kappa shape index (κ1) is 13.5. The number of ether oxygens (including phenoxy) is 1. The second kappa shape index (κ2) is 6.89. The summed E-state index contributed by atoms with van der Waals surface area (Å²) in [4.78, 5) is 13.0. The smallest absolute Gasteiger partial charge is 0.345 e. The average molecular weight is 254 g/mol. The maximum absolute atomic E-state index is 10.8. The molecule has 0 aliphatic carbocycles. The molecule has 6 heteroatoms. The van der Waals surface area contributed by atoms with Gasteiger partial charge < -0.3 is 14.7 Å². The van der Waals surface area contributed by atoms with Crippen LogP contribution in [-0.2, 0) is 4.74 Å². The lowest BCUT2D eigenvalue weighted by Gasteiger charge is -2.21. The van der Waals surface area contributed by atoms with Gasteiger partial charge in [0.05, 0.1) is 24.1 Å². The molecular formula is C11H14N2O3S. The summed E-state index contributed by atoms with van der Waals surface area (Å²) in [5.74, 6) is -0.923. The largest absolute Gasteiger partial charge is 0.477 e. The number of carboxylic acid groups (broad SMARTS) is 1. The molecule has 0 aliphatic rings. The van der Waals surface area contributed by atoms with E-state index in [2.05, 4.69) is 6.07 Å². The minimum Gasteiger partial charge on any atom is -0.477 e. The first-order chi connectivity index (χ1) is 8.19. The molecule has 1 rings (SSSR count). The van der Waals surface area contributed by atoms with Crippen molar-refractivity contribution in [3.05, 3.63) is 17.0 Å². The van der Waals surface area contributed by atoms with Crippen LogP contribution < -0.4 is 4.90 Å². The highest BCUT2D eigenvalue weighted by atomic mass is 32.1. The van der Waals surface area contributed by atoms with Gasteiger partial charge in [-0.2, -0.15) is 5.26 Å². The molecule has 92 valence electrons. The van der Waals surface area contributed by atoms with E-state index >= 15 is 0 Å². The Kier molecular flexibility index (Phi) is 5.46. The fourth-order valence-electron chi connectivity index (χ4n) is 1.33. The van der Waals surface area contributed by atoms with Gasteiger partial charge in [-0.25, -0.2) is 4.79 Å². The van der Waals surface area contributed by atoms with E-state index < -0.39 is 5.97 Å². The summed E-state index contributed by atoms with van der Waals surface area (Å²) < 4.78 is 4.99. The van der Waals surface area contributed by atoms with Crippen molar-refractivity contribution in [2.45, 2.75) is 6.42 Å². The van der Waals surface area contributed by atoms with Crippen molar-refractivity contribution in [1.29, 1.82) is 5.26 Å². The Morgan fingerprint density at radius 1 is 1.59 bits per heavy atom. The number of aromatic carboxylic acids is 1. The van der Waals surface area contributed by atoms with E-state index in [0.29, 0.717) is 31.0 Å². The fourth-order valence-corrected chi connectivity index (χ4v) is 2.23. The minimum atomic E-state index is -0.923. The predicted molar refractivity (Wildman–Crippen MR) is 65.6 cm³/mol. The van der Waals surface area contributed by atoms with Crippen LogP contribution in [0.3, 0.4) is 0 Å². The zero-order valence-electron chi connectivity index (χ0n) is 9.55. The number of thiophene rings is 1. The summed E-state index contributed by atoms with van der Waals surface area (Å²) in [6, 6.07) is 5.42. The van der Waals surface area contributed by atoms with E-state index in [1.807, 2.05) is 4.90 Å². The van der Waals surface area contributed by atoms with Crippen molar-refractivity contribution in [2.75, 3.05) is 31.7 Å². The number of hydrogen-bond donors (Lipinski definition) is 1. The van der Waals surface area contributed by atoms with E-state index in [9.17, 15) is 4.79 Å². The van der Waals surface area contributed by atoms with E-state index in [1.165, 1.54) is 11.3 Å². The van der Waals surface area contributed by atoms with Gasteiger partial charge in [0, 0.05) is 20.2 Å². The summed E-state index contributed by atoms with van der Waals surface area (Å²) >= 11 is 1.21. The molecule has 17 heavy (non-hydrogen) atoms. The molecule has 0 atom stereocenters. The van der Waals surface area contributed by atoms with Gasteiger partial charge in [-0.05, 0) is 12.1 Å². The highest BCUT2D eigenvalue weighted by Crippen LogP contribution is 2.26. The molecule has 1 aromatic heterocycles. The van der Waals surface area contributed by atoms with Gasteiger partial charge in [0.25, 0.3) is 0 Å². The molecule has 0 saturated carbocycles. The van der Waals surface area contributed by atoms with Crippen LogP contribution in [0, 0.1) is 11.3 Å². The zero-order valence-corrected chi connectivity index (χ0v) is 10.4. The zero-order chi connectivity index (χ0) is 12.7. The van der Waals surface area contributed by atoms with E-state index in [-0.39, 0.29) is 0 Å². The summed E-state index contributed by atoms with van der Waals surface area (Å²) in [5, 5.41) is 18.3. The summed E-state index contributed by atoms with van der Waals surface area (Å²) in [7, 11) is 1.61. The van der Waals surface area contributed by atoms with Crippen LogP contribution in [0.5, 0.6) is 0 Å². The average Bonchev–Trinajstić information content (AvgIpc) is 2.79. The molecule has 0 fully saturated rings. The molecule has 0 saturated heterocycles. The van der Waals surface area contributed by atoms with Crippen molar-refractivity contribution < 1.29 is 14.6 Å². The predicted octanol–water partition coefficient (Wildman–Crippen LogP) is 1.81. The Morgan fingerprint density at radius 3 is 2.88 bits per heavy atom. The van der Waals surface area contributed by atoms with Crippen LogP contribution in [0.15, 0.2) is 12.1 Å². The van der Waals surface area contributed by atoms with Crippen LogP contribution in [0.2, 0.25) is 0 Å². The van der Waals surface area contributed by atoms with Gasteiger partial charge in [0.1, 0.15) is 4.88 Å². The Labute approximate surface area is 104 Å². The number of rotatable bonds is 7. The molecule has 0 aliphatic heterocycles. The molecule has 1 N–H and O–H groups in total. The van der Waals surface area contributed by atoms with Crippen LogP contribution in [0.1, 0.15) is 16.1 Å². The Morgan fingerprint density at radius 2 is 2.35 bits per heavy atom.